The number of hydrogen-bond acceptors (Lipinski definition) is 4. The van der Waals surface area contributed by atoms with E-state index < -0.39 is 0 Å². The first-order valence-electron chi connectivity index (χ1n) is 3.97. The highest BCUT2D eigenvalue weighted by Crippen LogP contribution is 2.17. The minimum atomic E-state index is 0.0972. The Hall–Kier alpha value is -1.26. The number of anilines is 1. The number of rotatable bonds is 1. The van der Waals surface area contributed by atoms with Crippen LogP contribution in [0.15, 0.2) is 18.2 Å². The minimum absolute atomic E-state index is 0.0972. The van der Waals surface area contributed by atoms with Gasteiger partial charge in [-0.15, -0.1) is 0 Å². The van der Waals surface area contributed by atoms with Crippen LogP contribution in [0.1, 0.15) is 5.56 Å². The first-order chi connectivity index (χ1) is 6.11. The van der Waals surface area contributed by atoms with Crippen molar-refractivity contribution in [3.05, 3.63) is 23.8 Å². The molecule has 0 unspecified atom stereocenters. The summed E-state index contributed by atoms with van der Waals surface area (Å²) in [5, 5.41) is 16.7. The summed E-state index contributed by atoms with van der Waals surface area (Å²) < 4.78 is 0. The third-order valence-electron chi connectivity index (χ3n) is 1.35. The first kappa shape index (κ1) is 11.7. The molecule has 0 amide bonds. The van der Waals surface area contributed by atoms with Crippen LogP contribution < -0.4 is 11.5 Å². The fourth-order valence-corrected chi connectivity index (χ4v) is 0.679. The fourth-order valence-electron chi connectivity index (χ4n) is 0.679. The highest BCUT2D eigenvalue weighted by Gasteiger charge is 1.92. The van der Waals surface area contributed by atoms with Crippen molar-refractivity contribution in [2.45, 2.75) is 6.92 Å². The molecule has 0 radical (unpaired) electrons. The number of aliphatic hydroxyl groups is 1. The van der Waals surface area contributed by atoms with Gasteiger partial charge in [-0.1, -0.05) is 0 Å². The summed E-state index contributed by atoms with van der Waals surface area (Å²) in [6, 6.07) is 4.99. The molecule has 0 atom stereocenters. The Kier molecular flexibility index (Phi) is 5.67. The van der Waals surface area contributed by atoms with Gasteiger partial charge in [0.15, 0.2) is 0 Å². The molecule has 1 aromatic rings. The minimum Gasteiger partial charge on any atom is -0.508 e. The second-order valence-corrected chi connectivity index (χ2v) is 2.56. The lowest BCUT2D eigenvalue weighted by Gasteiger charge is -1.97. The molecular weight excluding hydrogens is 168 g/mol. The van der Waals surface area contributed by atoms with E-state index in [1.807, 2.05) is 6.92 Å². The molecule has 1 aromatic carbocycles. The lowest BCUT2D eigenvalue weighted by atomic mass is 10.2. The van der Waals surface area contributed by atoms with Gasteiger partial charge in [0, 0.05) is 12.2 Å². The molecule has 1 rings (SSSR count). The second kappa shape index (κ2) is 6.28. The summed E-state index contributed by atoms with van der Waals surface area (Å²) in [4.78, 5) is 0. The molecule has 0 aliphatic rings. The number of phenolic OH excluding ortho intramolecular Hbond substituents is 1. The van der Waals surface area contributed by atoms with Gasteiger partial charge in [0.25, 0.3) is 0 Å². The summed E-state index contributed by atoms with van der Waals surface area (Å²) in [7, 11) is 0. The van der Waals surface area contributed by atoms with Crippen LogP contribution in [0.3, 0.4) is 0 Å². The van der Waals surface area contributed by atoms with Crippen molar-refractivity contribution in [2.24, 2.45) is 5.73 Å². The number of nitrogen functional groups attached to an aromatic ring is 1. The van der Waals surface area contributed by atoms with Crippen molar-refractivity contribution >= 4 is 5.69 Å². The van der Waals surface area contributed by atoms with Crippen LogP contribution in [0.2, 0.25) is 0 Å². The molecule has 6 N–H and O–H groups in total. The quantitative estimate of drug-likeness (QED) is 0.371. The number of phenols is 1. The van der Waals surface area contributed by atoms with Crippen LogP contribution in [-0.4, -0.2) is 23.4 Å². The predicted octanol–water partition coefficient (Wildman–Crippen LogP) is 0.220. The second-order valence-electron chi connectivity index (χ2n) is 2.56. The van der Waals surface area contributed by atoms with Gasteiger partial charge < -0.3 is 21.7 Å². The maximum atomic E-state index is 8.99. The molecule has 0 bridgehead atoms. The lowest BCUT2D eigenvalue weighted by Crippen LogP contribution is -2.02. The van der Waals surface area contributed by atoms with E-state index >= 15 is 0 Å². The molecule has 74 valence electrons. The van der Waals surface area contributed by atoms with Crippen molar-refractivity contribution in [1.29, 1.82) is 0 Å². The number of aliphatic hydroxyl groups excluding tert-OH is 1. The van der Waals surface area contributed by atoms with Crippen LogP contribution in [0.25, 0.3) is 0 Å². The van der Waals surface area contributed by atoms with Crippen LogP contribution in [0.5, 0.6) is 5.75 Å². The Balaban J connectivity index is 0.000000310. The fraction of sp³-hybridized carbons (Fsp3) is 0.333. The zero-order chi connectivity index (χ0) is 10.3. The Morgan fingerprint density at radius 1 is 1.38 bits per heavy atom. The predicted molar refractivity (Wildman–Crippen MR) is 53.4 cm³/mol. The highest BCUT2D eigenvalue weighted by atomic mass is 16.3. The summed E-state index contributed by atoms with van der Waals surface area (Å²) in [5.41, 5.74) is 11.7. The van der Waals surface area contributed by atoms with Gasteiger partial charge >= 0.3 is 0 Å². The topological polar surface area (TPSA) is 92.5 Å². The van der Waals surface area contributed by atoms with E-state index in [0.29, 0.717) is 18.0 Å². The van der Waals surface area contributed by atoms with E-state index in [1.165, 1.54) is 0 Å². The van der Waals surface area contributed by atoms with Crippen LogP contribution in [0, 0.1) is 6.92 Å². The Morgan fingerprint density at radius 2 is 1.92 bits per heavy atom. The smallest absolute Gasteiger partial charge is 0.118 e. The largest absolute Gasteiger partial charge is 0.508 e. The first-order valence-corrected chi connectivity index (χ1v) is 3.97. The molecule has 0 aromatic heterocycles. The number of aromatic hydroxyl groups is 1. The van der Waals surface area contributed by atoms with Crippen LogP contribution in [0.4, 0.5) is 5.69 Å². The van der Waals surface area contributed by atoms with Crippen LogP contribution in [-0.2, 0) is 0 Å². The average molecular weight is 184 g/mol. The summed E-state index contributed by atoms with van der Waals surface area (Å²) in [6.45, 7) is 2.28. The maximum Gasteiger partial charge on any atom is 0.118 e. The Bertz CT molecular complexity index is 249. The van der Waals surface area contributed by atoms with Crippen LogP contribution >= 0.6 is 0 Å². The van der Waals surface area contributed by atoms with E-state index in [-0.39, 0.29) is 6.61 Å². The summed E-state index contributed by atoms with van der Waals surface area (Å²) >= 11 is 0. The van der Waals surface area contributed by atoms with Gasteiger partial charge in [-0.3, -0.25) is 0 Å². The lowest BCUT2D eigenvalue weighted by molar-refractivity contribution is 0.306. The molecule has 0 saturated carbocycles. The van der Waals surface area contributed by atoms with Gasteiger partial charge in [-0.25, -0.2) is 0 Å². The average Bonchev–Trinajstić information content (AvgIpc) is 2.12. The van der Waals surface area contributed by atoms with E-state index in [9.17, 15) is 0 Å². The van der Waals surface area contributed by atoms with Crippen molar-refractivity contribution in [2.75, 3.05) is 18.9 Å². The van der Waals surface area contributed by atoms with Gasteiger partial charge in [0.2, 0.25) is 0 Å². The molecule has 0 aliphatic carbocycles. The normalized spacial score (nSPS) is 8.85. The molecule has 0 spiro atoms. The Morgan fingerprint density at radius 3 is 2.23 bits per heavy atom. The zero-order valence-electron chi connectivity index (χ0n) is 7.70. The molecule has 0 saturated heterocycles. The van der Waals surface area contributed by atoms with E-state index in [2.05, 4.69) is 0 Å². The van der Waals surface area contributed by atoms with Crippen molar-refractivity contribution in [3.8, 4) is 5.75 Å². The number of aryl methyl sites for hydroxylation is 1. The van der Waals surface area contributed by atoms with Gasteiger partial charge in [0.05, 0.1) is 6.61 Å². The summed E-state index contributed by atoms with van der Waals surface area (Å²) in [6.07, 6.45) is 0. The number of benzene rings is 1. The standard InChI is InChI=1S/C7H9NO.C2H7NO/c1-5-4-6(8)2-3-7(5)9;3-1-2-4/h2-4,9H,8H2,1H3;4H,1-3H2. The van der Waals surface area contributed by atoms with Gasteiger partial charge in [-0.05, 0) is 30.7 Å². The van der Waals surface area contributed by atoms with E-state index in [0.717, 1.165) is 5.56 Å². The zero-order valence-corrected chi connectivity index (χ0v) is 7.70. The highest BCUT2D eigenvalue weighted by molar-refractivity contribution is 5.46. The van der Waals surface area contributed by atoms with E-state index in [4.69, 9.17) is 21.7 Å². The van der Waals surface area contributed by atoms with Gasteiger partial charge in [-0.2, -0.15) is 0 Å². The van der Waals surface area contributed by atoms with Gasteiger partial charge in [0.1, 0.15) is 5.75 Å². The number of nitrogens with two attached hydrogens (primary N) is 2. The third-order valence-corrected chi connectivity index (χ3v) is 1.35. The van der Waals surface area contributed by atoms with Crippen molar-refractivity contribution in [3.63, 3.8) is 0 Å². The SMILES string of the molecule is Cc1cc(N)ccc1O.NCCO. The number of hydrogen-bond donors (Lipinski definition) is 4. The maximum absolute atomic E-state index is 8.99. The van der Waals surface area contributed by atoms with Crippen molar-refractivity contribution < 1.29 is 10.2 Å². The Labute approximate surface area is 77.8 Å². The molecule has 0 fully saturated rings. The molecule has 0 aliphatic heterocycles. The third kappa shape index (κ3) is 5.05. The summed E-state index contributed by atoms with van der Waals surface area (Å²) in [5.74, 6) is 0.296. The molecule has 4 heteroatoms. The monoisotopic (exact) mass is 184 g/mol. The molecular formula is C9H16N2O2. The van der Waals surface area contributed by atoms with Crippen molar-refractivity contribution in [1.82, 2.24) is 0 Å². The molecule has 4 nitrogen and oxygen atoms in total. The molecule has 13 heavy (non-hydrogen) atoms. The molecule has 0 heterocycles. The van der Waals surface area contributed by atoms with E-state index in [1.54, 1.807) is 18.2 Å².